The number of fused-ring (bicyclic) bond motifs is 1. The van der Waals surface area contributed by atoms with Gasteiger partial charge in [-0.05, 0) is 44.1 Å². The molecule has 21 heavy (non-hydrogen) atoms. The summed E-state index contributed by atoms with van der Waals surface area (Å²) < 4.78 is 13.1. The summed E-state index contributed by atoms with van der Waals surface area (Å²) in [5.41, 5.74) is 1.36. The number of carbonyl (C=O) groups excluding carboxylic acids is 1. The Morgan fingerprint density at radius 3 is 2.90 bits per heavy atom. The second kappa shape index (κ2) is 6.87. The van der Waals surface area contributed by atoms with Crippen LogP contribution in [0.15, 0.2) is 18.2 Å². The number of nitrogens with zero attached hydrogens (tertiary/aromatic N) is 1. The molecule has 3 N–H and O–H groups in total. The summed E-state index contributed by atoms with van der Waals surface area (Å²) in [4.78, 5) is 19.3. The molecule has 7 heteroatoms. The number of amides is 1. The molecule has 1 amide bonds. The molecule has 1 fully saturated rings. The van der Waals surface area contributed by atoms with Crippen LogP contribution in [0.2, 0.25) is 0 Å². The lowest BCUT2D eigenvalue weighted by Crippen LogP contribution is -2.38. The highest BCUT2D eigenvalue weighted by Crippen LogP contribution is 2.14. The molecule has 1 aliphatic rings. The fourth-order valence-corrected chi connectivity index (χ4v) is 2.52. The summed E-state index contributed by atoms with van der Waals surface area (Å²) in [5.74, 6) is 0.496. The van der Waals surface area contributed by atoms with Crippen LogP contribution in [-0.4, -0.2) is 29.0 Å². The monoisotopic (exact) mass is 312 g/mol. The third-order valence-corrected chi connectivity index (χ3v) is 3.63. The first-order valence-electron chi connectivity index (χ1n) is 6.85. The third-order valence-electron chi connectivity index (χ3n) is 3.63. The minimum atomic E-state index is -0.300. The number of piperidine rings is 1. The molecule has 0 aliphatic carbocycles. The van der Waals surface area contributed by atoms with Gasteiger partial charge in [0.05, 0.1) is 17.6 Å². The van der Waals surface area contributed by atoms with Crippen molar-refractivity contribution in [2.45, 2.75) is 19.4 Å². The second-order valence-electron chi connectivity index (χ2n) is 5.09. The van der Waals surface area contributed by atoms with Gasteiger partial charge in [0.25, 0.3) is 0 Å². The molecule has 0 radical (unpaired) electrons. The zero-order valence-corrected chi connectivity index (χ0v) is 12.3. The van der Waals surface area contributed by atoms with Crippen molar-refractivity contribution in [2.24, 2.45) is 5.92 Å². The van der Waals surface area contributed by atoms with Crippen molar-refractivity contribution in [2.75, 3.05) is 13.1 Å². The number of hydrogen-bond donors (Lipinski definition) is 3. The summed E-state index contributed by atoms with van der Waals surface area (Å²) in [5, 5.41) is 6.12. The van der Waals surface area contributed by atoms with Gasteiger partial charge in [0.1, 0.15) is 11.6 Å². The Bertz CT molecular complexity index is 624. The molecule has 1 aliphatic heterocycles. The van der Waals surface area contributed by atoms with Crippen LogP contribution < -0.4 is 10.6 Å². The van der Waals surface area contributed by atoms with Crippen LogP contribution in [0.1, 0.15) is 18.7 Å². The van der Waals surface area contributed by atoms with Crippen molar-refractivity contribution in [1.29, 1.82) is 0 Å². The molecule has 0 unspecified atom stereocenters. The van der Waals surface area contributed by atoms with E-state index < -0.39 is 0 Å². The van der Waals surface area contributed by atoms with E-state index in [-0.39, 0.29) is 30.0 Å². The van der Waals surface area contributed by atoms with Crippen LogP contribution in [0.4, 0.5) is 4.39 Å². The van der Waals surface area contributed by atoms with E-state index >= 15 is 0 Å². The van der Waals surface area contributed by atoms with E-state index in [9.17, 15) is 9.18 Å². The number of hydrogen-bond acceptors (Lipinski definition) is 3. The highest BCUT2D eigenvalue weighted by molar-refractivity contribution is 5.85. The molecule has 5 nitrogen and oxygen atoms in total. The van der Waals surface area contributed by atoms with E-state index in [4.69, 9.17) is 0 Å². The van der Waals surface area contributed by atoms with Crippen molar-refractivity contribution in [3.8, 4) is 0 Å². The summed E-state index contributed by atoms with van der Waals surface area (Å²) in [6, 6.07) is 4.40. The topological polar surface area (TPSA) is 69.8 Å². The first-order valence-corrected chi connectivity index (χ1v) is 6.85. The van der Waals surface area contributed by atoms with Gasteiger partial charge in [-0.15, -0.1) is 12.4 Å². The van der Waals surface area contributed by atoms with Crippen LogP contribution in [0.3, 0.4) is 0 Å². The van der Waals surface area contributed by atoms with Crippen molar-refractivity contribution in [1.82, 2.24) is 20.6 Å². The van der Waals surface area contributed by atoms with Crippen LogP contribution >= 0.6 is 12.4 Å². The Hall–Kier alpha value is -1.66. The lowest BCUT2D eigenvalue weighted by atomic mass is 9.97. The minimum absolute atomic E-state index is 0. The molecule has 0 spiro atoms. The highest BCUT2D eigenvalue weighted by atomic mass is 35.5. The van der Waals surface area contributed by atoms with E-state index in [2.05, 4.69) is 20.6 Å². The Morgan fingerprint density at radius 1 is 1.38 bits per heavy atom. The quantitative estimate of drug-likeness (QED) is 0.808. The van der Waals surface area contributed by atoms with E-state index in [1.165, 1.54) is 12.1 Å². The largest absolute Gasteiger partial charge is 0.349 e. The number of nitrogens with one attached hydrogen (secondary N) is 3. The van der Waals surface area contributed by atoms with Crippen LogP contribution in [-0.2, 0) is 11.3 Å². The Labute approximate surface area is 128 Å². The van der Waals surface area contributed by atoms with E-state index in [1.54, 1.807) is 6.07 Å². The number of H-pyrrole nitrogens is 1. The number of halogens is 2. The predicted molar refractivity (Wildman–Crippen MR) is 80.7 cm³/mol. The smallest absolute Gasteiger partial charge is 0.223 e. The summed E-state index contributed by atoms with van der Waals surface area (Å²) >= 11 is 0. The number of aromatic amines is 1. The number of imidazole rings is 1. The van der Waals surface area contributed by atoms with Crippen molar-refractivity contribution < 1.29 is 9.18 Å². The lowest BCUT2D eigenvalue weighted by Gasteiger charge is -2.21. The average Bonchev–Trinajstić information content (AvgIpc) is 2.87. The molecule has 114 valence electrons. The Balaban J connectivity index is 0.00000161. The molecular formula is C14H18ClFN4O. The molecular weight excluding hydrogens is 295 g/mol. The van der Waals surface area contributed by atoms with Crippen LogP contribution in [0, 0.1) is 11.7 Å². The normalized spacial score (nSPS) is 15.7. The lowest BCUT2D eigenvalue weighted by molar-refractivity contribution is -0.125. The first kappa shape index (κ1) is 15.7. The minimum Gasteiger partial charge on any atom is -0.349 e. The number of carbonyl (C=O) groups is 1. The fraction of sp³-hybridized carbons (Fsp3) is 0.429. The molecule has 1 saturated heterocycles. The average molecular weight is 313 g/mol. The van der Waals surface area contributed by atoms with Crippen LogP contribution in [0.5, 0.6) is 0 Å². The Morgan fingerprint density at radius 2 is 2.14 bits per heavy atom. The van der Waals surface area contributed by atoms with Gasteiger partial charge >= 0.3 is 0 Å². The molecule has 3 rings (SSSR count). The highest BCUT2D eigenvalue weighted by Gasteiger charge is 2.20. The van der Waals surface area contributed by atoms with Gasteiger partial charge < -0.3 is 15.6 Å². The van der Waals surface area contributed by atoms with Gasteiger partial charge in [-0.2, -0.15) is 0 Å². The van der Waals surface area contributed by atoms with E-state index in [1.807, 2.05) is 0 Å². The van der Waals surface area contributed by atoms with Gasteiger partial charge in [0.2, 0.25) is 5.91 Å². The van der Waals surface area contributed by atoms with Crippen molar-refractivity contribution >= 4 is 29.3 Å². The van der Waals surface area contributed by atoms with E-state index in [0.29, 0.717) is 23.4 Å². The van der Waals surface area contributed by atoms with Gasteiger partial charge in [0, 0.05) is 5.92 Å². The molecule has 0 bridgehead atoms. The van der Waals surface area contributed by atoms with Crippen LogP contribution in [0.25, 0.3) is 11.0 Å². The zero-order chi connectivity index (χ0) is 13.9. The molecule has 0 atom stereocenters. The first-order chi connectivity index (χ1) is 9.72. The van der Waals surface area contributed by atoms with Crippen molar-refractivity contribution in [3.05, 3.63) is 29.8 Å². The molecule has 1 aromatic heterocycles. The predicted octanol–water partition coefficient (Wildman–Crippen LogP) is 1.74. The maximum atomic E-state index is 13.1. The molecule has 1 aromatic carbocycles. The van der Waals surface area contributed by atoms with Gasteiger partial charge in [-0.3, -0.25) is 4.79 Å². The van der Waals surface area contributed by atoms with Gasteiger partial charge in [0.15, 0.2) is 0 Å². The number of rotatable bonds is 3. The fourth-order valence-electron chi connectivity index (χ4n) is 2.52. The third kappa shape index (κ3) is 3.71. The van der Waals surface area contributed by atoms with Gasteiger partial charge in [-0.25, -0.2) is 9.37 Å². The standard InChI is InChI=1S/C14H17FN4O.ClH/c15-10-1-2-11-12(7-10)19-13(18-11)8-17-14(20)9-3-5-16-6-4-9;/h1-2,7,9,16H,3-6,8H2,(H,17,20)(H,18,19);1H. The summed E-state index contributed by atoms with van der Waals surface area (Å²) in [7, 11) is 0. The van der Waals surface area contributed by atoms with E-state index in [0.717, 1.165) is 25.9 Å². The molecule has 2 aromatic rings. The molecule has 0 saturated carbocycles. The maximum absolute atomic E-state index is 13.1. The number of benzene rings is 1. The summed E-state index contributed by atoms with van der Waals surface area (Å²) in [6.45, 7) is 2.13. The zero-order valence-electron chi connectivity index (χ0n) is 11.5. The Kier molecular flexibility index (Phi) is 5.14. The maximum Gasteiger partial charge on any atom is 0.223 e. The van der Waals surface area contributed by atoms with Crippen molar-refractivity contribution in [3.63, 3.8) is 0 Å². The SMILES string of the molecule is Cl.O=C(NCc1nc2ccc(F)cc2[nH]1)C1CCNCC1. The molecule has 2 heterocycles. The second-order valence-corrected chi connectivity index (χ2v) is 5.09. The summed E-state index contributed by atoms with van der Waals surface area (Å²) in [6.07, 6.45) is 1.74. The number of aromatic nitrogens is 2. The van der Waals surface area contributed by atoms with Gasteiger partial charge in [-0.1, -0.05) is 0 Å².